The highest BCUT2D eigenvalue weighted by molar-refractivity contribution is 9.11. The monoisotopic (exact) mass is 338 g/mol. The molecule has 0 aliphatic carbocycles. The van der Waals surface area contributed by atoms with Gasteiger partial charge in [-0.05, 0) is 4.99 Å². The fourth-order valence-corrected chi connectivity index (χ4v) is 4.52. The Bertz CT molecular complexity index is 348. The summed E-state index contributed by atoms with van der Waals surface area (Å²) in [7, 11) is -3.02. The minimum Gasteiger partial charge on any atom is -0.309 e. The van der Waals surface area contributed by atoms with Gasteiger partial charge in [-0.2, -0.15) is 0 Å². The topological polar surface area (TPSA) is 26.3 Å². The summed E-state index contributed by atoms with van der Waals surface area (Å²) in [6.07, 6.45) is 5.03. The van der Waals surface area contributed by atoms with Crippen molar-refractivity contribution < 1.29 is 9.09 Å². The second-order valence-corrected chi connectivity index (χ2v) is 5.45. The van der Waals surface area contributed by atoms with Gasteiger partial charge in [0.05, 0.1) is 0 Å². The average Bonchev–Trinajstić information content (AvgIpc) is 2.17. The van der Waals surface area contributed by atoms with Crippen LogP contribution in [0.15, 0.2) is 28.4 Å². The molecule has 0 heterocycles. The lowest BCUT2D eigenvalue weighted by molar-refractivity contribution is 0.371. The number of alkyl halides is 1. The predicted molar refractivity (Wildman–Crippen MR) is 66.9 cm³/mol. The zero-order valence-electron chi connectivity index (χ0n) is 7.37. The van der Waals surface area contributed by atoms with Crippen LogP contribution in [-0.2, 0) is 9.09 Å². The Morgan fingerprint density at radius 3 is 2.71 bits per heavy atom. The van der Waals surface area contributed by atoms with Crippen molar-refractivity contribution in [3.8, 4) is 12.3 Å². The molecule has 2 nitrogen and oxygen atoms in total. The molecule has 1 atom stereocenters. The minimum absolute atomic E-state index is 0.00715. The van der Waals surface area contributed by atoms with Gasteiger partial charge in [0.2, 0.25) is 0 Å². The number of hydrogen-bond donors (Lipinski definition) is 0. The van der Waals surface area contributed by atoms with Crippen LogP contribution in [0, 0.1) is 12.3 Å². The van der Waals surface area contributed by atoms with Gasteiger partial charge in [-0.1, -0.05) is 44.4 Å². The summed E-state index contributed by atoms with van der Waals surface area (Å²) in [5, 5.41) is 1.00. The number of terminal acetylenes is 1. The maximum atomic E-state index is 12.1. The highest BCUT2D eigenvalue weighted by Crippen LogP contribution is 2.56. The van der Waals surface area contributed by atoms with Gasteiger partial charge in [-0.3, -0.25) is 4.57 Å². The van der Waals surface area contributed by atoms with Crippen molar-refractivity contribution in [2.75, 3.05) is 11.9 Å². The fourth-order valence-electron chi connectivity index (χ4n) is 0.637. The van der Waals surface area contributed by atoms with Crippen LogP contribution in [-0.4, -0.2) is 11.9 Å². The summed E-state index contributed by atoms with van der Waals surface area (Å²) in [6.45, 7) is 3.36. The van der Waals surface area contributed by atoms with Gasteiger partial charge in [0.1, 0.15) is 6.61 Å². The molecule has 5 heteroatoms. The van der Waals surface area contributed by atoms with Gasteiger partial charge in [0.25, 0.3) is 7.37 Å². The van der Waals surface area contributed by atoms with E-state index in [0.717, 1.165) is 0 Å². The van der Waals surface area contributed by atoms with Crippen LogP contribution >= 0.6 is 39.2 Å². The van der Waals surface area contributed by atoms with E-state index >= 15 is 0 Å². The molecule has 0 amide bonds. The lowest BCUT2D eigenvalue weighted by Crippen LogP contribution is -1.92. The van der Waals surface area contributed by atoms with Gasteiger partial charge in [0.15, 0.2) is 0 Å². The quantitative estimate of drug-likeness (QED) is 0.329. The molecule has 0 fully saturated rings. The van der Waals surface area contributed by atoms with Crippen molar-refractivity contribution in [2.45, 2.75) is 0 Å². The highest BCUT2D eigenvalue weighted by atomic mass is 79.9. The number of rotatable bonds is 5. The van der Waals surface area contributed by atoms with Gasteiger partial charge >= 0.3 is 0 Å². The molecule has 0 saturated carbocycles. The summed E-state index contributed by atoms with van der Waals surface area (Å²) in [5.41, 5.74) is 2.45. The Morgan fingerprint density at radius 2 is 2.36 bits per heavy atom. The molecule has 0 aromatic rings. The number of allylic oxidation sites excluding steroid dienone is 1. The first-order chi connectivity index (χ1) is 6.64. The first-order valence-electron chi connectivity index (χ1n) is 3.55. The number of halogens is 2. The van der Waals surface area contributed by atoms with Crippen molar-refractivity contribution >= 4 is 39.2 Å². The van der Waals surface area contributed by atoms with Crippen molar-refractivity contribution in [3.63, 3.8) is 0 Å². The van der Waals surface area contributed by atoms with E-state index in [1.807, 2.05) is 0 Å². The van der Waals surface area contributed by atoms with E-state index in [0.29, 0.717) is 10.6 Å². The molecular formula is C9H9Br2O2P. The van der Waals surface area contributed by atoms with Crippen LogP contribution in [0.4, 0.5) is 0 Å². The Hall–Kier alpha value is -0.0300. The highest BCUT2D eigenvalue weighted by Gasteiger charge is 2.24. The van der Waals surface area contributed by atoms with Crippen LogP contribution in [0.25, 0.3) is 0 Å². The molecule has 0 radical (unpaired) electrons. The van der Waals surface area contributed by atoms with Crippen LogP contribution in [0.3, 0.4) is 0 Å². The lowest BCUT2D eigenvalue weighted by atomic mass is 10.8. The summed E-state index contributed by atoms with van der Waals surface area (Å²) in [4.78, 5) is 1.55. The third-order valence-electron chi connectivity index (χ3n) is 1.26. The summed E-state index contributed by atoms with van der Waals surface area (Å²) < 4.78 is 17.2. The fraction of sp³-hybridized carbons (Fsp3) is 0.222. The molecule has 0 aromatic heterocycles. The van der Waals surface area contributed by atoms with Crippen LogP contribution in [0.5, 0.6) is 0 Å². The van der Waals surface area contributed by atoms with Gasteiger partial charge < -0.3 is 4.52 Å². The van der Waals surface area contributed by atoms with Crippen molar-refractivity contribution in [3.05, 3.63) is 28.4 Å². The first kappa shape index (κ1) is 14.0. The summed E-state index contributed by atoms with van der Waals surface area (Å²) in [5.74, 6) is 3.57. The third kappa shape index (κ3) is 4.00. The van der Waals surface area contributed by atoms with E-state index in [4.69, 9.17) is 10.9 Å². The van der Waals surface area contributed by atoms with Crippen LogP contribution in [0.1, 0.15) is 0 Å². The SMILES string of the molecule is C#CCOP(=O)(C=C=C)C(=CBr)CBr. The molecule has 76 valence electrons. The molecule has 0 bridgehead atoms. The van der Waals surface area contributed by atoms with E-state index in [-0.39, 0.29) is 6.61 Å². The van der Waals surface area contributed by atoms with Crippen molar-refractivity contribution in [1.82, 2.24) is 0 Å². The Balaban J connectivity index is 5.00. The van der Waals surface area contributed by atoms with Crippen LogP contribution in [0.2, 0.25) is 0 Å². The van der Waals surface area contributed by atoms with Gasteiger partial charge in [-0.25, -0.2) is 0 Å². The first-order valence-corrected chi connectivity index (χ1v) is 7.28. The van der Waals surface area contributed by atoms with E-state index in [9.17, 15) is 4.57 Å². The predicted octanol–water partition coefficient (Wildman–Crippen LogP) is 3.84. The molecule has 0 aliphatic rings. The van der Waals surface area contributed by atoms with Gasteiger partial charge in [-0.15, -0.1) is 12.2 Å². The minimum atomic E-state index is -3.02. The summed E-state index contributed by atoms with van der Waals surface area (Å²) in [6, 6.07) is 0. The molecule has 14 heavy (non-hydrogen) atoms. The standard InChI is InChI=1S/C9H9Br2O2P/c1-3-5-13-14(12,6-4-2)9(7-10)8-11/h1,6-7H,2,5,8H2. The largest absolute Gasteiger partial charge is 0.309 e. The summed E-state index contributed by atoms with van der Waals surface area (Å²) >= 11 is 6.31. The second-order valence-electron chi connectivity index (χ2n) is 2.14. The van der Waals surface area contributed by atoms with Crippen molar-refractivity contribution in [1.29, 1.82) is 0 Å². The normalized spacial score (nSPS) is 15.1. The second kappa shape index (κ2) is 7.29. The molecule has 1 unspecified atom stereocenters. The maximum absolute atomic E-state index is 12.1. The maximum Gasteiger partial charge on any atom is 0.260 e. The zero-order valence-corrected chi connectivity index (χ0v) is 11.4. The van der Waals surface area contributed by atoms with E-state index < -0.39 is 7.37 Å². The molecule has 0 aromatic carbocycles. The van der Waals surface area contributed by atoms with Crippen molar-refractivity contribution in [2.24, 2.45) is 0 Å². The smallest absolute Gasteiger partial charge is 0.260 e. The number of hydrogen-bond acceptors (Lipinski definition) is 2. The average molecular weight is 340 g/mol. The lowest BCUT2D eigenvalue weighted by Gasteiger charge is -2.13. The molecule has 0 N–H and O–H groups in total. The van der Waals surface area contributed by atoms with E-state index in [1.165, 1.54) is 5.82 Å². The van der Waals surface area contributed by atoms with E-state index in [1.54, 1.807) is 4.99 Å². The Labute approximate surface area is 101 Å². The van der Waals surface area contributed by atoms with Gasteiger partial charge in [0, 0.05) is 16.5 Å². The zero-order chi connectivity index (χ0) is 11.0. The van der Waals surface area contributed by atoms with Crippen LogP contribution < -0.4 is 0 Å². The molecule has 0 rings (SSSR count). The Morgan fingerprint density at radius 1 is 1.71 bits per heavy atom. The molecule has 0 aliphatic heterocycles. The molecular weight excluding hydrogens is 331 g/mol. The third-order valence-corrected chi connectivity index (χ3v) is 5.33. The molecule has 0 saturated heterocycles. The molecule has 0 spiro atoms. The Kier molecular flexibility index (Phi) is 7.27. The van der Waals surface area contributed by atoms with E-state index in [2.05, 4.69) is 50.1 Å².